The summed E-state index contributed by atoms with van der Waals surface area (Å²) in [6.45, 7) is 4.21. The van der Waals surface area contributed by atoms with Crippen LogP contribution in [0.3, 0.4) is 0 Å². The molecule has 5 nitrogen and oxygen atoms in total. The number of fused-ring (bicyclic) bond motifs is 1. The zero-order valence-corrected chi connectivity index (χ0v) is 13.5. The van der Waals surface area contributed by atoms with Crippen LogP contribution in [-0.2, 0) is 9.53 Å². The van der Waals surface area contributed by atoms with Crippen LogP contribution in [0.4, 0.5) is 10.5 Å². The number of rotatable bonds is 6. The molecule has 0 aliphatic heterocycles. The van der Waals surface area contributed by atoms with Crippen LogP contribution in [0.5, 0.6) is 0 Å². The van der Waals surface area contributed by atoms with Crippen molar-refractivity contribution in [3.8, 4) is 0 Å². The molecule has 2 aromatic carbocycles. The maximum absolute atomic E-state index is 11.8. The van der Waals surface area contributed by atoms with Crippen molar-refractivity contribution in [3.05, 3.63) is 42.5 Å². The molecule has 0 heterocycles. The average Bonchev–Trinajstić information content (AvgIpc) is 2.57. The van der Waals surface area contributed by atoms with E-state index in [1.807, 2.05) is 56.3 Å². The first-order valence-electron chi connectivity index (χ1n) is 7.80. The van der Waals surface area contributed by atoms with Gasteiger partial charge in [-0.3, -0.25) is 4.79 Å². The van der Waals surface area contributed by atoms with E-state index in [1.54, 1.807) is 0 Å². The summed E-state index contributed by atoms with van der Waals surface area (Å²) in [5.74, 6) is -0.342. The van der Waals surface area contributed by atoms with Gasteiger partial charge in [0.05, 0.1) is 12.5 Å². The van der Waals surface area contributed by atoms with E-state index < -0.39 is 0 Å². The Morgan fingerprint density at radius 2 is 1.87 bits per heavy atom. The number of urea groups is 1. The Labute approximate surface area is 136 Å². The highest BCUT2D eigenvalue weighted by molar-refractivity contribution is 5.93. The minimum atomic E-state index is -0.320. The van der Waals surface area contributed by atoms with Crippen molar-refractivity contribution in [2.75, 3.05) is 18.5 Å². The predicted octanol–water partition coefficient (Wildman–Crippen LogP) is 3.55. The molecule has 0 bridgehead atoms. The third-order valence-electron chi connectivity index (χ3n) is 3.65. The van der Waals surface area contributed by atoms with Gasteiger partial charge < -0.3 is 15.4 Å². The van der Waals surface area contributed by atoms with Gasteiger partial charge in [-0.1, -0.05) is 44.2 Å². The fourth-order valence-corrected chi connectivity index (χ4v) is 2.07. The molecule has 1 atom stereocenters. The Balaban J connectivity index is 1.77. The van der Waals surface area contributed by atoms with Gasteiger partial charge in [0, 0.05) is 5.69 Å². The predicted molar refractivity (Wildman–Crippen MR) is 91.4 cm³/mol. The molecule has 1 unspecified atom stereocenters. The standard InChI is InChI=1S/C18H22N2O3/c1-3-13(2)17(21)23-11-10-19-18(22)20-16-9-8-14-6-4-5-7-15(14)12-16/h4-9,12-13H,3,10-11H2,1-2H3,(H2,19,20,22). The molecule has 0 saturated heterocycles. The zero-order chi connectivity index (χ0) is 16.7. The molecule has 122 valence electrons. The van der Waals surface area contributed by atoms with E-state index in [2.05, 4.69) is 10.6 Å². The van der Waals surface area contributed by atoms with Gasteiger partial charge in [0.15, 0.2) is 0 Å². The summed E-state index contributed by atoms with van der Waals surface area (Å²) in [6, 6.07) is 13.3. The highest BCUT2D eigenvalue weighted by Gasteiger charge is 2.11. The number of benzene rings is 2. The van der Waals surface area contributed by atoms with Crippen molar-refractivity contribution in [1.82, 2.24) is 5.32 Å². The number of anilines is 1. The van der Waals surface area contributed by atoms with E-state index in [0.29, 0.717) is 0 Å². The number of esters is 1. The molecule has 0 aliphatic rings. The molecular weight excluding hydrogens is 292 g/mol. The molecule has 0 radical (unpaired) electrons. The second-order valence-electron chi connectivity index (χ2n) is 5.42. The number of hydrogen-bond acceptors (Lipinski definition) is 3. The van der Waals surface area contributed by atoms with Crippen LogP contribution < -0.4 is 10.6 Å². The van der Waals surface area contributed by atoms with Crippen LogP contribution in [0.2, 0.25) is 0 Å². The second kappa shape index (κ2) is 8.17. The van der Waals surface area contributed by atoms with Crippen molar-refractivity contribution in [3.63, 3.8) is 0 Å². The summed E-state index contributed by atoms with van der Waals surface area (Å²) in [6.07, 6.45) is 0.745. The minimum absolute atomic E-state index is 0.110. The first-order valence-corrected chi connectivity index (χ1v) is 7.80. The molecule has 2 aromatic rings. The maximum atomic E-state index is 11.8. The Bertz CT molecular complexity index is 685. The summed E-state index contributed by atoms with van der Waals surface area (Å²) in [7, 11) is 0. The van der Waals surface area contributed by atoms with Crippen molar-refractivity contribution in [2.24, 2.45) is 5.92 Å². The van der Waals surface area contributed by atoms with Gasteiger partial charge in [-0.15, -0.1) is 0 Å². The van der Waals surface area contributed by atoms with E-state index in [0.717, 1.165) is 22.9 Å². The second-order valence-corrected chi connectivity index (χ2v) is 5.42. The third-order valence-corrected chi connectivity index (χ3v) is 3.65. The largest absolute Gasteiger partial charge is 0.464 e. The SMILES string of the molecule is CCC(C)C(=O)OCCNC(=O)Nc1ccc2ccccc2c1. The molecule has 0 spiro atoms. The molecule has 23 heavy (non-hydrogen) atoms. The Morgan fingerprint density at radius 1 is 1.13 bits per heavy atom. The zero-order valence-electron chi connectivity index (χ0n) is 13.5. The van der Waals surface area contributed by atoms with Gasteiger partial charge in [-0.25, -0.2) is 4.79 Å². The highest BCUT2D eigenvalue weighted by atomic mass is 16.5. The molecule has 0 saturated carbocycles. The number of carbonyl (C=O) groups excluding carboxylic acids is 2. The molecule has 0 aromatic heterocycles. The lowest BCUT2D eigenvalue weighted by molar-refractivity contribution is -0.147. The lowest BCUT2D eigenvalue weighted by Gasteiger charge is -2.11. The molecule has 0 fully saturated rings. The quantitative estimate of drug-likeness (QED) is 0.633. The normalized spacial score (nSPS) is 11.7. The van der Waals surface area contributed by atoms with Gasteiger partial charge in [-0.05, 0) is 29.3 Å². The third kappa shape index (κ3) is 4.98. The van der Waals surface area contributed by atoms with E-state index in [4.69, 9.17) is 4.74 Å². The summed E-state index contributed by atoms with van der Waals surface area (Å²) in [4.78, 5) is 23.3. The van der Waals surface area contributed by atoms with Gasteiger partial charge in [-0.2, -0.15) is 0 Å². The summed E-state index contributed by atoms with van der Waals surface area (Å²) in [5.41, 5.74) is 0.720. The molecule has 5 heteroatoms. The summed E-state index contributed by atoms with van der Waals surface area (Å²) >= 11 is 0. The smallest absolute Gasteiger partial charge is 0.319 e. The number of hydrogen-bond donors (Lipinski definition) is 2. The fraction of sp³-hybridized carbons (Fsp3) is 0.333. The maximum Gasteiger partial charge on any atom is 0.319 e. The summed E-state index contributed by atoms with van der Waals surface area (Å²) in [5, 5.41) is 7.61. The van der Waals surface area contributed by atoms with Crippen LogP contribution in [0.1, 0.15) is 20.3 Å². The fourth-order valence-electron chi connectivity index (χ4n) is 2.07. The number of carbonyl (C=O) groups is 2. The number of nitrogens with one attached hydrogen (secondary N) is 2. The summed E-state index contributed by atoms with van der Waals surface area (Å²) < 4.78 is 5.07. The molecule has 2 rings (SSSR count). The van der Waals surface area contributed by atoms with Crippen molar-refractivity contribution < 1.29 is 14.3 Å². The van der Waals surface area contributed by atoms with Gasteiger partial charge >= 0.3 is 12.0 Å². The van der Waals surface area contributed by atoms with Crippen molar-refractivity contribution in [1.29, 1.82) is 0 Å². The van der Waals surface area contributed by atoms with E-state index in [9.17, 15) is 9.59 Å². The van der Waals surface area contributed by atoms with Crippen LogP contribution in [0.15, 0.2) is 42.5 Å². The number of ether oxygens (including phenoxy) is 1. The first-order chi connectivity index (χ1) is 11.1. The van der Waals surface area contributed by atoms with E-state index in [-0.39, 0.29) is 31.1 Å². The first kappa shape index (κ1) is 16.8. The van der Waals surface area contributed by atoms with Crippen LogP contribution in [-0.4, -0.2) is 25.2 Å². The number of amides is 2. The molecule has 2 N–H and O–H groups in total. The lowest BCUT2D eigenvalue weighted by atomic mass is 10.1. The van der Waals surface area contributed by atoms with Gasteiger partial charge in [0.1, 0.15) is 6.61 Å². The average molecular weight is 314 g/mol. The van der Waals surface area contributed by atoms with Gasteiger partial charge in [0.2, 0.25) is 0 Å². The van der Waals surface area contributed by atoms with Crippen molar-refractivity contribution >= 4 is 28.5 Å². The molecule has 0 aliphatic carbocycles. The molecular formula is C18H22N2O3. The van der Waals surface area contributed by atoms with Crippen LogP contribution in [0, 0.1) is 5.92 Å². The van der Waals surface area contributed by atoms with Crippen LogP contribution >= 0.6 is 0 Å². The molecule has 2 amide bonds. The topological polar surface area (TPSA) is 67.4 Å². The Morgan fingerprint density at radius 3 is 2.61 bits per heavy atom. The lowest BCUT2D eigenvalue weighted by Crippen LogP contribution is -2.32. The Kier molecular flexibility index (Phi) is 5.97. The van der Waals surface area contributed by atoms with E-state index >= 15 is 0 Å². The monoisotopic (exact) mass is 314 g/mol. The van der Waals surface area contributed by atoms with Crippen LogP contribution in [0.25, 0.3) is 10.8 Å². The highest BCUT2D eigenvalue weighted by Crippen LogP contribution is 2.18. The minimum Gasteiger partial charge on any atom is -0.464 e. The van der Waals surface area contributed by atoms with E-state index in [1.165, 1.54) is 0 Å². The van der Waals surface area contributed by atoms with Crippen molar-refractivity contribution in [2.45, 2.75) is 20.3 Å². The van der Waals surface area contributed by atoms with Gasteiger partial charge in [0.25, 0.3) is 0 Å². The Hall–Kier alpha value is -2.56.